The van der Waals surface area contributed by atoms with E-state index in [0.717, 1.165) is 19.3 Å². The van der Waals surface area contributed by atoms with Crippen LogP contribution in [0.1, 0.15) is 68.1 Å². The second-order valence-corrected chi connectivity index (χ2v) is 7.77. The molecule has 1 aliphatic rings. The van der Waals surface area contributed by atoms with E-state index in [2.05, 4.69) is 50.3 Å². The van der Waals surface area contributed by atoms with E-state index in [1.807, 2.05) is 6.07 Å². The first-order chi connectivity index (χ1) is 13.1. The summed E-state index contributed by atoms with van der Waals surface area (Å²) in [5, 5.41) is 10.0. The van der Waals surface area contributed by atoms with Gasteiger partial charge in [-0.25, -0.2) is 0 Å². The summed E-state index contributed by atoms with van der Waals surface area (Å²) in [5.41, 5.74) is 5.46. The molecule has 2 aromatic rings. The summed E-state index contributed by atoms with van der Waals surface area (Å²) in [6.45, 7) is 4.44. The van der Waals surface area contributed by atoms with Gasteiger partial charge in [-0.1, -0.05) is 56.2 Å². The van der Waals surface area contributed by atoms with E-state index in [-0.39, 0.29) is 5.75 Å². The molecule has 1 aliphatic carbocycles. The zero-order chi connectivity index (χ0) is 19.2. The number of aryl methyl sites for hydroxylation is 1. The molecule has 0 spiro atoms. The highest BCUT2D eigenvalue weighted by Gasteiger charge is 2.30. The minimum atomic E-state index is 0.217. The molecule has 0 aromatic heterocycles. The molecule has 0 saturated heterocycles. The highest BCUT2D eigenvalue weighted by molar-refractivity contribution is 5.69. The number of phenolic OH excluding ortho intramolecular Hbond substituents is 1. The second-order valence-electron chi connectivity index (χ2n) is 7.77. The van der Waals surface area contributed by atoms with Crippen molar-refractivity contribution in [3.05, 3.63) is 65.2 Å². The molecular formula is C25H32O2. The average molecular weight is 365 g/mol. The third kappa shape index (κ3) is 4.55. The van der Waals surface area contributed by atoms with Crippen molar-refractivity contribution in [3.8, 4) is 11.5 Å². The smallest absolute Gasteiger partial charge is 0.160 e. The first-order valence-corrected chi connectivity index (χ1v) is 10.3. The molecule has 0 aliphatic heterocycles. The van der Waals surface area contributed by atoms with Gasteiger partial charge in [-0.15, -0.1) is 0 Å². The van der Waals surface area contributed by atoms with Crippen molar-refractivity contribution < 1.29 is 9.84 Å². The minimum absolute atomic E-state index is 0.217. The summed E-state index contributed by atoms with van der Waals surface area (Å²) in [6, 6.07) is 14.6. The molecule has 2 aromatic carbocycles. The molecule has 0 bridgehead atoms. The van der Waals surface area contributed by atoms with Gasteiger partial charge >= 0.3 is 0 Å². The van der Waals surface area contributed by atoms with Crippen LogP contribution in [0, 0.1) is 12.8 Å². The number of aromatic hydroxyl groups is 1. The van der Waals surface area contributed by atoms with Crippen molar-refractivity contribution >= 4 is 5.57 Å². The number of benzene rings is 2. The lowest BCUT2D eigenvalue weighted by atomic mass is 9.70. The summed E-state index contributed by atoms with van der Waals surface area (Å²) < 4.78 is 5.38. The molecule has 0 radical (unpaired) electrons. The number of unbranched alkanes of at least 4 members (excludes halogenated alkanes) is 1. The Hall–Kier alpha value is -2.22. The summed E-state index contributed by atoms with van der Waals surface area (Å²) in [4.78, 5) is 0. The van der Waals surface area contributed by atoms with E-state index >= 15 is 0 Å². The molecule has 27 heavy (non-hydrogen) atoms. The van der Waals surface area contributed by atoms with Crippen molar-refractivity contribution in [2.75, 3.05) is 7.11 Å². The van der Waals surface area contributed by atoms with Crippen LogP contribution in [0.5, 0.6) is 11.5 Å². The monoisotopic (exact) mass is 364 g/mol. The van der Waals surface area contributed by atoms with E-state index in [9.17, 15) is 5.11 Å². The number of methoxy groups -OCH3 is 1. The molecule has 1 unspecified atom stereocenters. The Morgan fingerprint density at radius 1 is 1.22 bits per heavy atom. The van der Waals surface area contributed by atoms with Crippen LogP contribution >= 0.6 is 0 Å². The maximum Gasteiger partial charge on any atom is 0.160 e. The number of hydrogen-bond donors (Lipinski definition) is 1. The topological polar surface area (TPSA) is 29.5 Å². The summed E-state index contributed by atoms with van der Waals surface area (Å²) in [6.07, 6.45) is 9.67. The Morgan fingerprint density at radius 2 is 2.00 bits per heavy atom. The molecule has 0 heterocycles. The number of hydrogen-bond acceptors (Lipinski definition) is 2. The van der Waals surface area contributed by atoms with E-state index in [1.54, 1.807) is 13.2 Å². The van der Waals surface area contributed by atoms with Crippen LogP contribution in [0.25, 0.3) is 5.57 Å². The zero-order valence-electron chi connectivity index (χ0n) is 16.9. The van der Waals surface area contributed by atoms with Gasteiger partial charge in [0.2, 0.25) is 0 Å². The second kappa shape index (κ2) is 9.12. The molecular weight excluding hydrogens is 332 g/mol. The molecule has 0 amide bonds. The molecule has 2 heteroatoms. The number of phenols is 1. The van der Waals surface area contributed by atoms with Crippen molar-refractivity contribution in [2.24, 2.45) is 5.92 Å². The third-order valence-electron chi connectivity index (χ3n) is 5.96. The molecule has 1 atom stereocenters. The van der Waals surface area contributed by atoms with Crippen molar-refractivity contribution in [3.63, 3.8) is 0 Å². The predicted molar refractivity (Wildman–Crippen MR) is 113 cm³/mol. The Kier molecular flexibility index (Phi) is 6.60. The van der Waals surface area contributed by atoms with Crippen LogP contribution < -0.4 is 4.74 Å². The number of rotatable bonds is 8. The van der Waals surface area contributed by atoms with Gasteiger partial charge in [-0.3, -0.25) is 0 Å². The number of allylic oxidation sites excluding steroid dienone is 2. The molecule has 1 fully saturated rings. The first kappa shape index (κ1) is 19.5. The fraction of sp³-hybridized carbons (Fsp3) is 0.440. The van der Waals surface area contributed by atoms with Gasteiger partial charge in [-0.2, -0.15) is 0 Å². The average Bonchev–Trinajstić information content (AvgIpc) is 2.64. The lowest BCUT2D eigenvalue weighted by Crippen LogP contribution is -2.21. The van der Waals surface area contributed by atoms with E-state index in [1.165, 1.54) is 41.5 Å². The quantitative estimate of drug-likeness (QED) is 0.554. The van der Waals surface area contributed by atoms with Crippen LogP contribution in [-0.4, -0.2) is 12.2 Å². The lowest BCUT2D eigenvalue weighted by Gasteiger charge is -2.35. The maximum absolute atomic E-state index is 10.0. The van der Waals surface area contributed by atoms with Gasteiger partial charge in [0.1, 0.15) is 0 Å². The summed E-state index contributed by atoms with van der Waals surface area (Å²) >= 11 is 0. The van der Waals surface area contributed by atoms with Gasteiger partial charge in [0.05, 0.1) is 7.11 Å². The fourth-order valence-corrected chi connectivity index (χ4v) is 4.12. The largest absolute Gasteiger partial charge is 0.504 e. The maximum atomic E-state index is 10.0. The van der Waals surface area contributed by atoms with E-state index in [4.69, 9.17) is 4.74 Å². The van der Waals surface area contributed by atoms with Crippen molar-refractivity contribution in [1.29, 1.82) is 0 Å². The minimum Gasteiger partial charge on any atom is -0.504 e. The fourth-order valence-electron chi connectivity index (χ4n) is 4.12. The van der Waals surface area contributed by atoms with Crippen LogP contribution in [0.3, 0.4) is 0 Å². The first-order valence-electron chi connectivity index (χ1n) is 10.3. The van der Waals surface area contributed by atoms with Gasteiger partial charge in [0, 0.05) is 0 Å². The molecule has 1 N–H and O–H groups in total. The predicted octanol–water partition coefficient (Wildman–Crippen LogP) is 6.87. The highest BCUT2D eigenvalue weighted by atomic mass is 16.5. The van der Waals surface area contributed by atoms with E-state index < -0.39 is 0 Å². The molecule has 144 valence electrons. The Balaban J connectivity index is 1.95. The van der Waals surface area contributed by atoms with Crippen LogP contribution in [0.15, 0.2) is 48.5 Å². The van der Waals surface area contributed by atoms with Crippen molar-refractivity contribution in [2.45, 2.75) is 58.3 Å². The van der Waals surface area contributed by atoms with Crippen LogP contribution in [0.4, 0.5) is 0 Å². The van der Waals surface area contributed by atoms with Gasteiger partial charge in [-0.05, 0) is 78.8 Å². The molecule has 1 saturated carbocycles. The lowest BCUT2D eigenvalue weighted by molar-refractivity contribution is 0.262. The summed E-state index contributed by atoms with van der Waals surface area (Å²) in [5.74, 6) is 1.98. The van der Waals surface area contributed by atoms with Gasteiger partial charge in [0.15, 0.2) is 11.5 Å². The van der Waals surface area contributed by atoms with Gasteiger partial charge in [0.25, 0.3) is 0 Å². The Bertz CT molecular complexity index is 787. The highest BCUT2D eigenvalue weighted by Crippen LogP contribution is 2.46. The van der Waals surface area contributed by atoms with Crippen molar-refractivity contribution in [1.82, 2.24) is 0 Å². The van der Waals surface area contributed by atoms with E-state index in [0.29, 0.717) is 17.6 Å². The molecule has 2 nitrogen and oxygen atoms in total. The Labute approximate surface area is 163 Å². The van der Waals surface area contributed by atoms with Gasteiger partial charge < -0.3 is 9.84 Å². The SMILES string of the molecule is CCC/C=C(\CC(c1ccc(O)c(OC)c1)C1CCC1)c1ccccc1C. The third-order valence-corrected chi connectivity index (χ3v) is 5.96. The van der Waals surface area contributed by atoms with Crippen LogP contribution in [0.2, 0.25) is 0 Å². The zero-order valence-corrected chi connectivity index (χ0v) is 16.9. The van der Waals surface area contributed by atoms with Crippen LogP contribution in [-0.2, 0) is 0 Å². The molecule has 3 rings (SSSR count). The summed E-state index contributed by atoms with van der Waals surface area (Å²) in [7, 11) is 1.62. The Morgan fingerprint density at radius 3 is 2.63 bits per heavy atom. The normalized spacial score (nSPS) is 16.0. The standard InChI is InChI=1S/C25H32O2/c1-4-5-10-20(22-13-7-6-9-18(22)2)16-23(19-11-8-12-19)21-14-15-24(26)25(17-21)27-3/h6-7,9-10,13-15,17,19,23,26H,4-5,8,11-12,16H2,1-3H3/b20-10+. The number of ether oxygens (including phenoxy) is 1.